The monoisotopic (exact) mass is 400 g/mol. The van der Waals surface area contributed by atoms with Crippen molar-refractivity contribution in [1.82, 2.24) is 25.2 Å². The van der Waals surface area contributed by atoms with Gasteiger partial charge in [-0.05, 0) is 18.2 Å². The summed E-state index contributed by atoms with van der Waals surface area (Å²) in [5.74, 6) is 0.406. The Morgan fingerprint density at radius 3 is 2.88 bits per heavy atom. The fraction of sp³-hybridized carbons (Fsp3) is 0.154. The van der Waals surface area contributed by atoms with Gasteiger partial charge in [-0.2, -0.15) is 0 Å². The lowest BCUT2D eigenvalue weighted by Gasteiger charge is -2.01. The zero-order valence-corrected chi connectivity index (χ0v) is 15.4. The van der Waals surface area contributed by atoms with Gasteiger partial charge in [-0.25, -0.2) is 4.68 Å². The van der Waals surface area contributed by atoms with Gasteiger partial charge in [0.15, 0.2) is 4.34 Å². The molecule has 3 aromatic rings. The number of halogens is 2. The molecular weight excluding hydrogens is 391 g/mol. The molecule has 1 N–H and O–H groups in total. The van der Waals surface area contributed by atoms with Crippen LogP contribution in [0.3, 0.4) is 0 Å². The van der Waals surface area contributed by atoms with Crippen LogP contribution in [0.15, 0.2) is 28.7 Å². The maximum Gasteiger partial charge on any atom is 0.223 e. The maximum atomic E-state index is 11.0. The fourth-order valence-corrected chi connectivity index (χ4v) is 3.69. The third-order valence-electron chi connectivity index (χ3n) is 2.74. The zero-order valence-electron chi connectivity index (χ0n) is 12.2. The Morgan fingerprint density at radius 1 is 1.29 bits per heavy atom. The van der Waals surface area contributed by atoms with Crippen LogP contribution < -0.4 is 5.32 Å². The van der Waals surface area contributed by atoms with Crippen LogP contribution in [0, 0.1) is 0 Å². The first-order chi connectivity index (χ1) is 11.5. The standard InChI is InChI=1S/C13H10Cl2N6OS2/c1-7(22)16-12-18-19-13(24-12)23-6-8-5-21(20-17-8)9-2-3-10(14)11(15)4-9/h2-5H,6H2,1H3,(H,16,18,22). The molecule has 0 spiro atoms. The number of anilines is 1. The normalized spacial score (nSPS) is 10.8. The molecule has 0 radical (unpaired) electrons. The number of nitrogens with zero attached hydrogens (tertiary/aromatic N) is 5. The number of benzene rings is 1. The van der Waals surface area contributed by atoms with Crippen molar-refractivity contribution in [3.8, 4) is 5.69 Å². The molecule has 0 aliphatic rings. The Kier molecular flexibility index (Phi) is 5.34. The van der Waals surface area contributed by atoms with Gasteiger partial charge in [-0.15, -0.1) is 15.3 Å². The smallest absolute Gasteiger partial charge is 0.223 e. The number of nitrogens with one attached hydrogen (secondary N) is 1. The Balaban J connectivity index is 1.64. The van der Waals surface area contributed by atoms with E-state index in [2.05, 4.69) is 25.8 Å². The van der Waals surface area contributed by atoms with Gasteiger partial charge in [-0.1, -0.05) is 51.5 Å². The second-order valence-corrected chi connectivity index (χ2v) is 7.61. The highest BCUT2D eigenvalue weighted by Crippen LogP contribution is 2.28. The van der Waals surface area contributed by atoms with Crippen LogP contribution in [0.25, 0.3) is 5.69 Å². The van der Waals surface area contributed by atoms with E-state index in [0.29, 0.717) is 20.9 Å². The van der Waals surface area contributed by atoms with E-state index in [1.807, 2.05) is 12.3 Å². The number of hydrogen-bond donors (Lipinski definition) is 1. The average Bonchev–Trinajstić information content (AvgIpc) is 3.17. The van der Waals surface area contributed by atoms with E-state index in [9.17, 15) is 4.79 Å². The molecule has 1 amide bonds. The van der Waals surface area contributed by atoms with Crippen LogP contribution in [0.4, 0.5) is 5.13 Å². The van der Waals surface area contributed by atoms with Gasteiger partial charge in [-0.3, -0.25) is 4.79 Å². The summed E-state index contributed by atoms with van der Waals surface area (Å²) in [6.07, 6.45) is 1.81. The summed E-state index contributed by atoms with van der Waals surface area (Å²) < 4.78 is 2.36. The lowest BCUT2D eigenvalue weighted by atomic mass is 10.3. The highest BCUT2D eigenvalue weighted by atomic mass is 35.5. The lowest BCUT2D eigenvalue weighted by molar-refractivity contribution is -0.114. The van der Waals surface area contributed by atoms with E-state index in [4.69, 9.17) is 23.2 Å². The van der Waals surface area contributed by atoms with Crippen molar-refractivity contribution in [3.63, 3.8) is 0 Å². The highest BCUT2D eigenvalue weighted by molar-refractivity contribution is 8.00. The number of rotatable bonds is 5. The first-order valence-electron chi connectivity index (χ1n) is 6.62. The summed E-state index contributed by atoms with van der Waals surface area (Å²) in [5.41, 5.74) is 1.55. The number of thioether (sulfide) groups is 1. The SMILES string of the molecule is CC(=O)Nc1nnc(SCc2cn(-c3ccc(Cl)c(Cl)c3)nn2)s1. The Bertz CT molecular complexity index is 881. The maximum absolute atomic E-state index is 11.0. The summed E-state index contributed by atoms with van der Waals surface area (Å²) >= 11 is 14.7. The van der Waals surface area contributed by atoms with E-state index in [-0.39, 0.29) is 5.91 Å². The highest BCUT2D eigenvalue weighted by Gasteiger charge is 2.09. The van der Waals surface area contributed by atoms with Crippen LogP contribution in [0.2, 0.25) is 10.0 Å². The Hall–Kier alpha value is -1.68. The van der Waals surface area contributed by atoms with Crippen molar-refractivity contribution in [2.24, 2.45) is 0 Å². The van der Waals surface area contributed by atoms with Crippen molar-refractivity contribution in [3.05, 3.63) is 40.1 Å². The number of aromatic nitrogens is 5. The lowest BCUT2D eigenvalue weighted by Crippen LogP contribution is -2.04. The minimum atomic E-state index is -0.174. The minimum Gasteiger partial charge on any atom is -0.301 e. The molecule has 124 valence electrons. The van der Waals surface area contributed by atoms with Gasteiger partial charge < -0.3 is 5.32 Å². The molecule has 0 unspecified atom stereocenters. The van der Waals surface area contributed by atoms with E-state index in [1.165, 1.54) is 30.0 Å². The summed E-state index contributed by atoms with van der Waals surface area (Å²) in [7, 11) is 0. The van der Waals surface area contributed by atoms with Crippen LogP contribution in [0.5, 0.6) is 0 Å². The average molecular weight is 401 g/mol. The molecule has 7 nitrogen and oxygen atoms in total. The third-order valence-corrected chi connectivity index (χ3v) is 5.49. The molecule has 0 fully saturated rings. The summed E-state index contributed by atoms with van der Waals surface area (Å²) in [4.78, 5) is 11.0. The van der Waals surface area contributed by atoms with Crippen molar-refractivity contribution in [1.29, 1.82) is 0 Å². The zero-order chi connectivity index (χ0) is 17.1. The van der Waals surface area contributed by atoms with Crippen molar-refractivity contribution < 1.29 is 4.79 Å². The Labute approximate surface area is 155 Å². The predicted octanol–water partition coefficient (Wildman–Crippen LogP) is 3.68. The molecule has 0 bridgehead atoms. The summed E-state index contributed by atoms with van der Waals surface area (Å²) in [5, 5.41) is 20.1. The Morgan fingerprint density at radius 2 is 2.12 bits per heavy atom. The van der Waals surface area contributed by atoms with E-state index in [0.717, 1.165) is 15.7 Å². The summed E-state index contributed by atoms with van der Waals surface area (Å²) in [6.45, 7) is 1.43. The second kappa shape index (κ2) is 7.47. The minimum absolute atomic E-state index is 0.174. The molecule has 1 aromatic carbocycles. The number of carbonyl (C=O) groups is 1. The molecule has 11 heteroatoms. The fourth-order valence-electron chi connectivity index (χ4n) is 1.72. The largest absolute Gasteiger partial charge is 0.301 e. The van der Waals surface area contributed by atoms with E-state index >= 15 is 0 Å². The molecule has 0 aliphatic heterocycles. The van der Waals surface area contributed by atoms with Gasteiger partial charge in [0.25, 0.3) is 0 Å². The summed E-state index contributed by atoms with van der Waals surface area (Å²) in [6, 6.07) is 5.24. The van der Waals surface area contributed by atoms with Gasteiger partial charge in [0.05, 0.1) is 27.6 Å². The van der Waals surface area contributed by atoms with E-state index < -0.39 is 0 Å². The second-order valence-electron chi connectivity index (χ2n) is 4.60. The quantitative estimate of drug-likeness (QED) is 0.519. The van der Waals surface area contributed by atoms with Crippen LogP contribution in [0.1, 0.15) is 12.6 Å². The molecule has 0 atom stereocenters. The van der Waals surface area contributed by atoms with Crippen molar-refractivity contribution >= 4 is 57.3 Å². The number of hydrogen-bond acceptors (Lipinski definition) is 7. The number of amides is 1. The van der Waals surface area contributed by atoms with Gasteiger partial charge in [0, 0.05) is 12.7 Å². The van der Waals surface area contributed by atoms with Crippen LogP contribution >= 0.6 is 46.3 Å². The molecule has 0 saturated carbocycles. The molecular formula is C13H10Cl2N6OS2. The predicted molar refractivity (Wildman–Crippen MR) is 95.2 cm³/mol. The van der Waals surface area contributed by atoms with Crippen LogP contribution in [-0.4, -0.2) is 31.1 Å². The first kappa shape index (κ1) is 17.2. The van der Waals surface area contributed by atoms with Gasteiger partial charge in [0.1, 0.15) is 0 Å². The number of carbonyl (C=O) groups excluding carboxylic acids is 1. The molecule has 24 heavy (non-hydrogen) atoms. The van der Waals surface area contributed by atoms with E-state index in [1.54, 1.807) is 16.8 Å². The topological polar surface area (TPSA) is 85.6 Å². The third kappa shape index (κ3) is 4.23. The molecule has 0 aliphatic carbocycles. The molecule has 2 heterocycles. The van der Waals surface area contributed by atoms with Crippen LogP contribution in [-0.2, 0) is 10.5 Å². The van der Waals surface area contributed by atoms with Gasteiger partial charge in [0.2, 0.25) is 11.0 Å². The van der Waals surface area contributed by atoms with Gasteiger partial charge >= 0.3 is 0 Å². The first-order valence-corrected chi connectivity index (χ1v) is 9.17. The molecule has 3 rings (SSSR count). The van der Waals surface area contributed by atoms with Crippen molar-refractivity contribution in [2.75, 3.05) is 5.32 Å². The van der Waals surface area contributed by atoms with Crippen molar-refractivity contribution in [2.45, 2.75) is 17.0 Å². The molecule has 0 saturated heterocycles. The molecule has 2 aromatic heterocycles.